The second-order valence-electron chi connectivity index (χ2n) is 28.9. The zero-order valence-corrected chi connectivity index (χ0v) is 77.6. The first-order chi connectivity index (χ1) is 59.9. The van der Waals surface area contributed by atoms with Gasteiger partial charge >= 0.3 is 26.5 Å². The van der Waals surface area contributed by atoms with E-state index in [1.54, 1.807) is 21.1 Å². The van der Waals surface area contributed by atoms with Crippen LogP contribution in [0.4, 0.5) is 26.3 Å². The lowest BCUT2D eigenvalue weighted by Gasteiger charge is -2.32. The summed E-state index contributed by atoms with van der Waals surface area (Å²) in [4.78, 5) is 7.81. The number of halogens is 6. The molecular weight excluding hydrogens is 1790 g/mol. The van der Waals surface area contributed by atoms with Crippen LogP contribution in [0.2, 0.25) is 0 Å². The molecule has 688 valence electrons. The number of benzene rings is 11. The summed E-state index contributed by atoms with van der Waals surface area (Å²) in [6.45, 7) is 17.2. The van der Waals surface area contributed by atoms with Crippen molar-refractivity contribution in [2.24, 2.45) is 0 Å². The number of methoxy groups -OCH3 is 2. The average molecular weight is 1890 g/mol. The third-order valence-electron chi connectivity index (χ3n) is 19.6. The van der Waals surface area contributed by atoms with E-state index in [0.29, 0.717) is 41.2 Å². The molecule has 0 N–H and O–H groups in total. The van der Waals surface area contributed by atoms with Gasteiger partial charge in [0, 0.05) is 29.4 Å². The molecule has 127 heavy (non-hydrogen) atoms. The second-order valence-corrected chi connectivity index (χ2v) is 40.6. The standard InChI is InChI=1S/2C19H17OS.C17H22O4S.C13H14F6O6S2.2C13H20O4S/c2*1-20-16-9-8-14-19(15-16)21(17-10-4-2-5-11-17)18-12-6-3-7-13-18;1-3-13(2)14-5-6-16-12-17(8-7-15(16)11-14)21-9-4-10-22(18,19)20;1-3-8(2)9-4-6-10(7-5-9)25-27(23,24)13(18,19)11(14,15)12(16,17)26(20,21)22;1-3-11(2)12-5-7-13(8-6-12)17-9-4-10-18(14,15)16;1-3-11(2)12-6-4-7-13(10-12)17-8-5-9-18(14,15)16/h2*2-15H,1H3;5-8,11-13H,3-4,9-10H2,1-2H3,(H,18,19,20);4-8H,3H2,1-2H3,(H,20,21,22);5-8,11H,3-4,9-10H2,1-2H3,(H,14,15,16);4,6-7,10-11H,3,5,8-9H2,1-2H3,(H,14,15,16)/q2*+1;;;;/p-4. The molecule has 0 amide bonds. The summed E-state index contributed by atoms with van der Waals surface area (Å²) >= 11 is 0. The fraction of sp³-hybridized carbons (Fsp3) is 0.319. The van der Waals surface area contributed by atoms with E-state index >= 15 is 0 Å². The summed E-state index contributed by atoms with van der Waals surface area (Å²) in [5, 5.41) is -11.4. The van der Waals surface area contributed by atoms with Crippen molar-refractivity contribution in [3.63, 3.8) is 0 Å². The fourth-order valence-electron chi connectivity index (χ4n) is 11.7. The van der Waals surface area contributed by atoms with Gasteiger partial charge in [-0.25, -0.2) is 33.7 Å². The Hall–Kier alpha value is -9.65. The quantitative estimate of drug-likeness (QED) is 0.0115. The van der Waals surface area contributed by atoms with Crippen LogP contribution in [0.15, 0.2) is 308 Å². The predicted octanol–water partition coefficient (Wildman–Crippen LogP) is 21.6. The lowest BCUT2D eigenvalue weighted by atomic mass is 9.96. The molecule has 0 aliphatic heterocycles. The molecule has 11 rings (SSSR count). The van der Waals surface area contributed by atoms with Gasteiger partial charge in [-0.3, -0.25) is 0 Å². The molecule has 0 radical (unpaired) electrons. The van der Waals surface area contributed by atoms with Gasteiger partial charge in [-0.05, 0) is 223 Å². The van der Waals surface area contributed by atoms with Gasteiger partial charge in [0.15, 0.2) is 39.5 Å². The summed E-state index contributed by atoms with van der Waals surface area (Å²) in [5.74, 6) is -3.75. The van der Waals surface area contributed by atoms with E-state index in [1.807, 2.05) is 85.8 Å². The minimum Gasteiger partial charge on any atom is -0.748 e. The fourth-order valence-corrected chi connectivity index (χ4v) is 18.8. The Balaban J connectivity index is 0.000000236. The van der Waals surface area contributed by atoms with E-state index in [1.165, 1.54) is 58.2 Å². The number of fused-ring (bicyclic) bond motifs is 1. The van der Waals surface area contributed by atoms with Crippen LogP contribution in [0.3, 0.4) is 0 Å². The predicted molar refractivity (Wildman–Crippen MR) is 482 cm³/mol. The van der Waals surface area contributed by atoms with Gasteiger partial charge in [0.2, 0.25) is 0 Å². The molecule has 33 heteroatoms. The lowest BCUT2D eigenvalue weighted by Crippen LogP contribution is -2.61. The van der Waals surface area contributed by atoms with Crippen molar-refractivity contribution in [2.75, 3.05) is 51.3 Å². The maximum absolute atomic E-state index is 13.6. The van der Waals surface area contributed by atoms with Crippen molar-refractivity contribution >= 4 is 83.2 Å². The van der Waals surface area contributed by atoms with Crippen LogP contribution in [0.1, 0.15) is 146 Å². The zero-order valence-electron chi connectivity index (χ0n) is 71.9. The minimum absolute atomic E-state index is 0.0256. The Kier molecular flexibility index (Phi) is 42.1. The smallest absolute Gasteiger partial charge is 0.450 e. The maximum atomic E-state index is 13.6. The monoisotopic (exact) mass is 1890 g/mol. The molecule has 4 atom stereocenters. The van der Waals surface area contributed by atoms with Crippen molar-refractivity contribution in [1.29, 1.82) is 0 Å². The molecule has 11 aromatic carbocycles. The van der Waals surface area contributed by atoms with E-state index in [2.05, 4.69) is 222 Å². The Morgan fingerprint density at radius 1 is 0.307 bits per heavy atom. The van der Waals surface area contributed by atoms with Crippen LogP contribution in [0.25, 0.3) is 10.8 Å². The number of ether oxygens (including phenoxy) is 5. The van der Waals surface area contributed by atoms with Crippen LogP contribution >= 0.6 is 0 Å². The molecule has 20 nitrogen and oxygen atoms in total. The third kappa shape index (κ3) is 34.1. The molecule has 0 fully saturated rings. The van der Waals surface area contributed by atoms with Crippen LogP contribution in [-0.4, -0.2) is 128 Å². The van der Waals surface area contributed by atoms with Crippen molar-refractivity contribution in [3.05, 3.63) is 301 Å². The summed E-state index contributed by atoms with van der Waals surface area (Å²) in [6.07, 6.45) is 4.55. The molecule has 0 saturated heterocycles. The van der Waals surface area contributed by atoms with Gasteiger partial charge in [-0.1, -0.05) is 201 Å². The van der Waals surface area contributed by atoms with E-state index in [-0.39, 0.29) is 78.3 Å². The molecule has 0 saturated carbocycles. The second kappa shape index (κ2) is 50.3. The van der Waals surface area contributed by atoms with E-state index < -0.39 is 78.5 Å². The molecule has 0 aliphatic rings. The largest absolute Gasteiger partial charge is 0.748 e. The zero-order chi connectivity index (χ0) is 93.8. The molecule has 0 spiro atoms. The van der Waals surface area contributed by atoms with Crippen LogP contribution < -0.4 is 27.9 Å². The van der Waals surface area contributed by atoms with Crippen molar-refractivity contribution in [3.8, 4) is 34.5 Å². The summed E-state index contributed by atoms with van der Waals surface area (Å²) in [7, 11) is -23.4. The highest BCUT2D eigenvalue weighted by Gasteiger charge is 2.81. The highest BCUT2D eigenvalue weighted by atomic mass is 32.2. The number of hydrogen-bond acceptors (Lipinski definition) is 20. The molecule has 11 aromatic rings. The topological polar surface area (TPSA) is 318 Å². The molecule has 0 heterocycles. The van der Waals surface area contributed by atoms with Crippen molar-refractivity contribution in [1.82, 2.24) is 0 Å². The molecule has 0 aromatic heterocycles. The molecule has 0 aliphatic carbocycles. The maximum Gasteiger partial charge on any atom is 0.450 e. The first kappa shape index (κ1) is 106. The van der Waals surface area contributed by atoms with Gasteiger partial charge < -0.3 is 46.1 Å². The first-order valence-corrected chi connectivity index (χ1v) is 50.4. The number of hydrogen-bond donors (Lipinski definition) is 0. The van der Waals surface area contributed by atoms with E-state index in [4.69, 9.17) is 23.7 Å². The Bertz CT molecular complexity index is 5560. The van der Waals surface area contributed by atoms with Gasteiger partial charge in [0.05, 0.1) is 86.2 Å². The van der Waals surface area contributed by atoms with Crippen molar-refractivity contribution in [2.45, 2.75) is 170 Å². The van der Waals surface area contributed by atoms with Gasteiger partial charge in [-0.2, -0.15) is 34.8 Å². The van der Waals surface area contributed by atoms with Crippen LogP contribution in [0.5, 0.6) is 34.5 Å². The molecule has 0 bridgehead atoms. The Morgan fingerprint density at radius 3 is 0.953 bits per heavy atom. The van der Waals surface area contributed by atoms with Gasteiger partial charge in [-0.15, -0.1) is 0 Å². The minimum atomic E-state index is -7.33. The van der Waals surface area contributed by atoms with Crippen LogP contribution in [0, 0.1) is 0 Å². The highest BCUT2D eigenvalue weighted by molar-refractivity contribution is 7.97. The lowest BCUT2D eigenvalue weighted by molar-refractivity contribution is -0.247. The normalized spacial score (nSPS) is 12.8. The molecule has 4 unspecified atom stereocenters. The Morgan fingerprint density at radius 2 is 0.598 bits per heavy atom. The van der Waals surface area contributed by atoms with E-state index in [9.17, 15) is 86.6 Å². The number of alkyl halides is 6. The average Bonchev–Trinajstić information content (AvgIpc) is 0.721. The highest BCUT2D eigenvalue weighted by Crippen LogP contribution is 2.51. The Labute approximate surface area is 749 Å². The summed E-state index contributed by atoms with van der Waals surface area (Å²) in [6, 6.07) is 91.0. The third-order valence-corrected chi connectivity index (χ3v) is 28.6. The van der Waals surface area contributed by atoms with Crippen LogP contribution in [-0.2, 0) is 72.4 Å². The van der Waals surface area contributed by atoms with Gasteiger partial charge in [0.25, 0.3) is 0 Å². The van der Waals surface area contributed by atoms with Gasteiger partial charge in [0.1, 0.15) is 34.5 Å². The summed E-state index contributed by atoms with van der Waals surface area (Å²) < 4.78 is 258. The number of rotatable bonds is 37. The SMILES string of the molecule is CCC(C)c1ccc(OCCCS(=O)(=O)[O-])cc1.CCC(C)c1ccc(OS(=O)(=O)C(F)(F)C(F)(F)C(F)(F)S(=O)(=O)[O-])cc1.CCC(C)c1ccc2cc(OCCCS(=O)(=O)[O-])ccc2c1.CCC(C)c1cccc(OCCCS(=O)(=O)[O-])c1.COc1cccc([S+](c2ccccc2)c2ccccc2)c1.COc1cccc([S+](c2ccccc2)c2ccccc2)c1. The first-order valence-electron chi connectivity index (χ1n) is 40.4. The van der Waals surface area contributed by atoms with Crippen molar-refractivity contribution < 1.29 is 115 Å². The summed E-state index contributed by atoms with van der Waals surface area (Å²) in [5.41, 5.74) is 4.39. The van der Waals surface area contributed by atoms with E-state index in [0.717, 1.165) is 59.4 Å². The molecular formula is C94H106F6O20S7-2.